The first-order valence-corrected chi connectivity index (χ1v) is 25.9. The minimum atomic E-state index is 0.839. The third-order valence-electron chi connectivity index (χ3n) is 13.1. The Hall–Kier alpha value is -7.30. The first-order valence-electron chi connectivity index (χ1n) is 25.9. The van der Waals surface area contributed by atoms with Gasteiger partial charge in [0.2, 0.25) is 0 Å². The maximum Gasteiger partial charge on any atom is 0.0892 e. The van der Waals surface area contributed by atoms with Crippen molar-refractivity contribution in [2.75, 3.05) is 9.80 Å². The SMILES string of the molecule is CCCCc1ccc(N(c2ccc(/C=C/c3ccnc(-c4cc(/C=C/c5ccc(N(c6ccc(CCCC)cc6)c6ccc(CCCC)cc6)cc5)ccn4)c3)cc2)c2ccc(CCCC)cc2)cc1. The third kappa shape index (κ3) is 13.5. The van der Waals surface area contributed by atoms with E-state index in [0.717, 1.165) is 93.4 Å². The Labute approximate surface area is 419 Å². The zero-order valence-electron chi connectivity index (χ0n) is 41.9. The van der Waals surface area contributed by atoms with Crippen LogP contribution in [-0.2, 0) is 25.7 Å². The lowest BCUT2D eigenvalue weighted by molar-refractivity contribution is 0.795. The Morgan fingerprint density at radius 1 is 0.300 bits per heavy atom. The molecule has 0 aliphatic rings. The lowest BCUT2D eigenvalue weighted by atomic mass is 10.1. The molecule has 0 saturated heterocycles. The predicted molar refractivity (Wildman–Crippen MR) is 302 cm³/mol. The summed E-state index contributed by atoms with van der Waals surface area (Å²) in [6.07, 6.45) is 26.5. The molecule has 0 saturated carbocycles. The number of hydrogen-bond donors (Lipinski definition) is 0. The number of aryl methyl sites for hydroxylation is 4. The molecular weight excluding hydrogens is 849 g/mol. The van der Waals surface area contributed by atoms with Gasteiger partial charge in [-0.2, -0.15) is 0 Å². The van der Waals surface area contributed by atoms with Gasteiger partial charge in [-0.3, -0.25) is 9.97 Å². The fourth-order valence-electron chi connectivity index (χ4n) is 8.90. The lowest BCUT2D eigenvalue weighted by Gasteiger charge is -2.26. The second-order valence-electron chi connectivity index (χ2n) is 18.5. The highest BCUT2D eigenvalue weighted by Crippen LogP contribution is 2.37. The average Bonchev–Trinajstić information content (AvgIpc) is 3.42. The predicted octanol–water partition coefficient (Wildman–Crippen LogP) is 18.8. The second kappa shape index (κ2) is 25.3. The fourth-order valence-corrected chi connectivity index (χ4v) is 8.90. The molecule has 6 aromatic carbocycles. The highest BCUT2D eigenvalue weighted by atomic mass is 15.1. The van der Waals surface area contributed by atoms with Gasteiger partial charge in [0, 0.05) is 46.5 Å². The van der Waals surface area contributed by atoms with Crippen LogP contribution in [0, 0.1) is 0 Å². The maximum atomic E-state index is 4.73. The first-order chi connectivity index (χ1) is 34.5. The van der Waals surface area contributed by atoms with Crippen molar-refractivity contribution in [1.82, 2.24) is 9.97 Å². The van der Waals surface area contributed by atoms with Crippen molar-refractivity contribution in [3.63, 3.8) is 0 Å². The Morgan fingerprint density at radius 2 is 0.543 bits per heavy atom. The van der Waals surface area contributed by atoms with Gasteiger partial charge in [0.05, 0.1) is 11.4 Å². The zero-order valence-corrected chi connectivity index (χ0v) is 41.9. The monoisotopic (exact) mass is 919 g/mol. The van der Waals surface area contributed by atoms with Crippen LogP contribution in [0.5, 0.6) is 0 Å². The molecule has 70 heavy (non-hydrogen) atoms. The Balaban J connectivity index is 0.954. The summed E-state index contributed by atoms with van der Waals surface area (Å²) in [5.41, 5.74) is 18.6. The van der Waals surface area contributed by atoms with E-state index in [4.69, 9.17) is 9.97 Å². The molecule has 4 nitrogen and oxygen atoms in total. The van der Waals surface area contributed by atoms with Gasteiger partial charge in [0.25, 0.3) is 0 Å². The number of benzene rings is 6. The summed E-state index contributed by atoms with van der Waals surface area (Å²) >= 11 is 0. The highest BCUT2D eigenvalue weighted by molar-refractivity contribution is 5.80. The largest absolute Gasteiger partial charge is 0.311 e. The van der Waals surface area contributed by atoms with Crippen molar-refractivity contribution < 1.29 is 0 Å². The summed E-state index contributed by atoms with van der Waals surface area (Å²) in [7, 11) is 0. The van der Waals surface area contributed by atoms with Crippen LogP contribution in [0.1, 0.15) is 124 Å². The summed E-state index contributed by atoms with van der Waals surface area (Å²) in [5, 5.41) is 0. The molecule has 354 valence electrons. The molecule has 2 heterocycles. The van der Waals surface area contributed by atoms with Crippen molar-refractivity contribution in [3.8, 4) is 11.4 Å². The Kier molecular flexibility index (Phi) is 17.8. The quantitative estimate of drug-likeness (QED) is 0.0640. The van der Waals surface area contributed by atoms with E-state index in [1.165, 1.54) is 73.6 Å². The fraction of sp³-hybridized carbons (Fsp3) is 0.242. The molecule has 8 rings (SSSR count). The summed E-state index contributed by atoms with van der Waals surface area (Å²) in [5.74, 6) is 0. The number of pyridine rings is 2. The molecule has 2 aromatic heterocycles. The van der Waals surface area contributed by atoms with Crippen LogP contribution in [0.15, 0.2) is 182 Å². The van der Waals surface area contributed by atoms with Crippen molar-refractivity contribution >= 4 is 58.4 Å². The van der Waals surface area contributed by atoms with E-state index in [2.05, 4.69) is 220 Å². The standard InChI is InChI=1S/C66H70N4/c1-5-9-13-51-21-33-59(34-22-51)69(60-35-23-52(24-36-60)14-10-6-2)63-41-29-55(30-42-63)17-19-57-45-47-67-65(49-57)66-50-58(46-48-68-66)20-18-56-31-43-64(44-32-56)70(61-37-25-53(26-38-61)15-11-7-3)62-39-27-54(28-40-62)16-12-8-4/h17-50H,5-16H2,1-4H3/b19-17+,20-18+. The normalized spacial score (nSPS) is 11.4. The van der Waals surface area contributed by atoms with Gasteiger partial charge in [-0.15, -0.1) is 0 Å². The molecule has 0 aliphatic heterocycles. The average molecular weight is 919 g/mol. The molecule has 0 aliphatic carbocycles. The number of rotatable bonds is 23. The second-order valence-corrected chi connectivity index (χ2v) is 18.5. The van der Waals surface area contributed by atoms with Gasteiger partial charge in [0.15, 0.2) is 0 Å². The van der Waals surface area contributed by atoms with E-state index in [0.29, 0.717) is 0 Å². The molecule has 0 bridgehead atoms. The zero-order chi connectivity index (χ0) is 48.3. The van der Waals surface area contributed by atoms with E-state index < -0.39 is 0 Å². The maximum absolute atomic E-state index is 4.73. The topological polar surface area (TPSA) is 32.3 Å². The van der Waals surface area contributed by atoms with Crippen LogP contribution in [-0.4, -0.2) is 9.97 Å². The summed E-state index contributed by atoms with van der Waals surface area (Å²) in [6.45, 7) is 9.01. The van der Waals surface area contributed by atoms with Gasteiger partial charge in [-0.1, -0.05) is 150 Å². The van der Waals surface area contributed by atoms with Gasteiger partial charge in [-0.05, 0) is 193 Å². The first kappa shape index (κ1) is 49.1. The Bertz CT molecular complexity index is 2570. The van der Waals surface area contributed by atoms with Crippen LogP contribution in [0.2, 0.25) is 0 Å². The van der Waals surface area contributed by atoms with E-state index in [9.17, 15) is 0 Å². The lowest BCUT2D eigenvalue weighted by Crippen LogP contribution is -2.10. The molecule has 0 N–H and O–H groups in total. The van der Waals surface area contributed by atoms with Crippen molar-refractivity contribution in [2.24, 2.45) is 0 Å². The molecular formula is C66H70N4. The number of unbranched alkanes of at least 4 members (excludes halogenated alkanes) is 4. The molecule has 0 unspecified atom stereocenters. The third-order valence-corrected chi connectivity index (χ3v) is 13.1. The summed E-state index contributed by atoms with van der Waals surface area (Å²) < 4.78 is 0. The van der Waals surface area contributed by atoms with E-state index >= 15 is 0 Å². The van der Waals surface area contributed by atoms with Gasteiger partial charge < -0.3 is 9.80 Å². The van der Waals surface area contributed by atoms with Crippen molar-refractivity contribution in [2.45, 2.75) is 105 Å². The highest BCUT2D eigenvalue weighted by Gasteiger charge is 2.15. The van der Waals surface area contributed by atoms with Gasteiger partial charge in [-0.25, -0.2) is 0 Å². The van der Waals surface area contributed by atoms with Crippen LogP contribution >= 0.6 is 0 Å². The van der Waals surface area contributed by atoms with E-state index in [-0.39, 0.29) is 0 Å². The molecule has 8 aromatic rings. The molecule has 4 heteroatoms. The minimum Gasteiger partial charge on any atom is -0.311 e. The summed E-state index contributed by atoms with van der Waals surface area (Å²) in [4.78, 5) is 14.2. The Morgan fingerprint density at radius 3 is 0.800 bits per heavy atom. The number of hydrogen-bond acceptors (Lipinski definition) is 4. The smallest absolute Gasteiger partial charge is 0.0892 e. The number of anilines is 6. The number of aromatic nitrogens is 2. The molecule has 0 fully saturated rings. The van der Waals surface area contributed by atoms with Crippen LogP contribution < -0.4 is 9.80 Å². The van der Waals surface area contributed by atoms with Gasteiger partial charge in [0.1, 0.15) is 0 Å². The molecule has 0 radical (unpaired) electrons. The van der Waals surface area contributed by atoms with Crippen molar-refractivity contribution in [1.29, 1.82) is 0 Å². The molecule has 0 amide bonds. The van der Waals surface area contributed by atoms with Gasteiger partial charge >= 0.3 is 0 Å². The molecule has 0 spiro atoms. The number of nitrogens with zero attached hydrogens (tertiary/aromatic N) is 4. The van der Waals surface area contributed by atoms with E-state index in [1.807, 2.05) is 24.5 Å². The molecule has 0 atom stereocenters. The van der Waals surface area contributed by atoms with Crippen LogP contribution in [0.3, 0.4) is 0 Å². The van der Waals surface area contributed by atoms with Crippen LogP contribution in [0.25, 0.3) is 35.7 Å². The van der Waals surface area contributed by atoms with E-state index in [1.54, 1.807) is 0 Å². The van der Waals surface area contributed by atoms with Crippen molar-refractivity contribution in [3.05, 3.63) is 227 Å². The summed E-state index contributed by atoms with van der Waals surface area (Å²) in [6, 6.07) is 62.4. The van der Waals surface area contributed by atoms with Crippen LogP contribution in [0.4, 0.5) is 34.1 Å². The minimum absolute atomic E-state index is 0.839.